The van der Waals surface area contributed by atoms with Crippen LogP contribution in [-0.2, 0) is 11.3 Å². The number of benzene rings is 1. The highest BCUT2D eigenvalue weighted by molar-refractivity contribution is 8.00. The van der Waals surface area contributed by atoms with Crippen molar-refractivity contribution in [2.45, 2.75) is 18.4 Å². The number of piperazine rings is 1. The number of hydrogen-bond donors (Lipinski definition) is 0. The van der Waals surface area contributed by atoms with Crippen LogP contribution in [0.15, 0.2) is 39.8 Å². The highest BCUT2D eigenvalue weighted by atomic mass is 32.2. The van der Waals surface area contributed by atoms with Crippen molar-refractivity contribution >= 4 is 17.7 Å². The van der Waals surface area contributed by atoms with Gasteiger partial charge in [-0.05, 0) is 19.1 Å². The molecule has 0 saturated carbocycles. The fourth-order valence-electron chi connectivity index (χ4n) is 2.66. The summed E-state index contributed by atoms with van der Waals surface area (Å²) in [5, 5.41) is 3.89. The lowest BCUT2D eigenvalue weighted by Gasteiger charge is -2.34. The van der Waals surface area contributed by atoms with Gasteiger partial charge in [-0.3, -0.25) is 9.69 Å². The van der Waals surface area contributed by atoms with Crippen molar-refractivity contribution in [3.63, 3.8) is 0 Å². The number of hydrogen-bond acceptors (Lipinski definition) is 5. The molecule has 7 heteroatoms. The summed E-state index contributed by atoms with van der Waals surface area (Å²) in [5.41, 5.74) is 0.879. The molecule has 2 heterocycles. The standard InChI is InChI=1S/C17H20FN3O2S/c1-13-10-14(23-19-13)11-20-6-8-21(9-7-20)17(22)12-24-16-5-3-2-4-15(16)18/h2-5,10H,6-9,11-12H2,1H3. The Morgan fingerprint density at radius 1 is 1.29 bits per heavy atom. The Kier molecular flexibility index (Phi) is 5.52. The van der Waals surface area contributed by atoms with Crippen LogP contribution in [0.3, 0.4) is 0 Å². The van der Waals surface area contributed by atoms with E-state index in [9.17, 15) is 9.18 Å². The molecule has 0 radical (unpaired) electrons. The third-order valence-electron chi connectivity index (χ3n) is 3.97. The number of carbonyl (C=O) groups is 1. The quantitative estimate of drug-likeness (QED) is 0.777. The van der Waals surface area contributed by atoms with E-state index in [1.807, 2.05) is 17.9 Å². The maximum atomic E-state index is 13.6. The molecule has 1 aromatic carbocycles. The lowest BCUT2D eigenvalue weighted by atomic mass is 10.3. The molecule has 128 valence electrons. The third-order valence-corrected chi connectivity index (χ3v) is 5.00. The number of aryl methyl sites for hydroxylation is 1. The number of amides is 1. The fourth-order valence-corrected chi connectivity index (χ4v) is 3.50. The second-order valence-corrected chi connectivity index (χ2v) is 6.83. The maximum Gasteiger partial charge on any atom is 0.233 e. The molecule has 0 atom stereocenters. The molecule has 2 aromatic rings. The lowest BCUT2D eigenvalue weighted by Crippen LogP contribution is -2.48. The minimum atomic E-state index is -0.275. The molecule has 0 unspecified atom stereocenters. The number of halogens is 1. The van der Waals surface area contributed by atoms with Crippen LogP contribution < -0.4 is 0 Å². The van der Waals surface area contributed by atoms with Crippen LogP contribution in [0.4, 0.5) is 4.39 Å². The largest absolute Gasteiger partial charge is 0.360 e. The van der Waals surface area contributed by atoms with Gasteiger partial charge in [0.05, 0.1) is 18.0 Å². The number of nitrogens with zero attached hydrogens (tertiary/aromatic N) is 3. The van der Waals surface area contributed by atoms with Gasteiger partial charge in [0.25, 0.3) is 0 Å². The predicted octanol–water partition coefficient (Wildman–Crippen LogP) is 2.56. The van der Waals surface area contributed by atoms with E-state index in [1.165, 1.54) is 17.8 Å². The van der Waals surface area contributed by atoms with Gasteiger partial charge in [0.15, 0.2) is 5.76 Å². The minimum absolute atomic E-state index is 0.0541. The van der Waals surface area contributed by atoms with Gasteiger partial charge >= 0.3 is 0 Å². The first-order valence-corrected chi connectivity index (χ1v) is 8.90. The van der Waals surface area contributed by atoms with Crippen LogP contribution in [0.5, 0.6) is 0 Å². The molecule has 0 aliphatic carbocycles. The van der Waals surface area contributed by atoms with Crippen molar-refractivity contribution in [3.8, 4) is 0 Å². The second-order valence-electron chi connectivity index (χ2n) is 5.81. The molecule has 0 bridgehead atoms. The monoisotopic (exact) mass is 349 g/mol. The van der Waals surface area contributed by atoms with Crippen molar-refractivity contribution in [2.75, 3.05) is 31.9 Å². The summed E-state index contributed by atoms with van der Waals surface area (Å²) in [5.74, 6) is 0.894. The first-order chi connectivity index (χ1) is 11.6. The molecule has 1 fully saturated rings. The molecule has 0 spiro atoms. The van der Waals surface area contributed by atoms with Crippen LogP contribution in [0, 0.1) is 12.7 Å². The molecule has 5 nitrogen and oxygen atoms in total. The van der Waals surface area contributed by atoms with Crippen LogP contribution in [0.1, 0.15) is 11.5 Å². The zero-order valence-electron chi connectivity index (χ0n) is 13.6. The first-order valence-electron chi connectivity index (χ1n) is 7.91. The number of rotatable bonds is 5. The van der Waals surface area contributed by atoms with Crippen LogP contribution in [-0.4, -0.2) is 52.8 Å². The fraction of sp³-hybridized carbons (Fsp3) is 0.412. The van der Waals surface area contributed by atoms with E-state index in [2.05, 4.69) is 10.1 Å². The van der Waals surface area contributed by atoms with E-state index in [4.69, 9.17) is 4.52 Å². The molecular weight excluding hydrogens is 329 g/mol. The Morgan fingerprint density at radius 2 is 2.04 bits per heavy atom. The highest BCUT2D eigenvalue weighted by Gasteiger charge is 2.22. The SMILES string of the molecule is Cc1cc(CN2CCN(C(=O)CSc3ccccc3F)CC2)on1. The average molecular weight is 349 g/mol. The van der Waals surface area contributed by atoms with Gasteiger partial charge in [0.2, 0.25) is 5.91 Å². The second kappa shape index (κ2) is 7.81. The van der Waals surface area contributed by atoms with Crippen molar-refractivity contribution in [3.05, 3.63) is 47.6 Å². The molecule has 1 aliphatic heterocycles. The van der Waals surface area contributed by atoms with Gasteiger partial charge in [-0.2, -0.15) is 0 Å². The topological polar surface area (TPSA) is 49.6 Å². The van der Waals surface area contributed by atoms with Crippen molar-refractivity contribution in [2.24, 2.45) is 0 Å². The Labute approximate surface area is 144 Å². The average Bonchev–Trinajstić information content (AvgIpc) is 2.99. The summed E-state index contributed by atoms with van der Waals surface area (Å²) in [6.07, 6.45) is 0. The normalized spacial score (nSPS) is 15.7. The maximum absolute atomic E-state index is 13.6. The van der Waals surface area contributed by atoms with Gasteiger partial charge in [-0.1, -0.05) is 17.3 Å². The summed E-state index contributed by atoms with van der Waals surface area (Å²) in [7, 11) is 0. The zero-order chi connectivity index (χ0) is 16.9. The minimum Gasteiger partial charge on any atom is -0.360 e. The van der Waals surface area contributed by atoms with Gasteiger partial charge < -0.3 is 9.42 Å². The molecule has 3 rings (SSSR count). The molecule has 24 heavy (non-hydrogen) atoms. The smallest absolute Gasteiger partial charge is 0.233 e. The summed E-state index contributed by atoms with van der Waals surface area (Å²) in [6.45, 7) is 5.59. The molecule has 1 saturated heterocycles. The van der Waals surface area contributed by atoms with E-state index < -0.39 is 0 Å². The van der Waals surface area contributed by atoms with E-state index in [-0.39, 0.29) is 17.5 Å². The predicted molar refractivity (Wildman–Crippen MR) is 90.2 cm³/mol. The van der Waals surface area contributed by atoms with Gasteiger partial charge in [0, 0.05) is 37.1 Å². The van der Waals surface area contributed by atoms with E-state index >= 15 is 0 Å². The zero-order valence-corrected chi connectivity index (χ0v) is 14.4. The van der Waals surface area contributed by atoms with E-state index in [0.717, 1.165) is 24.5 Å². The third kappa shape index (κ3) is 4.36. The highest BCUT2D eigenvalue weighted by Crippen LogP contribution is 2.21. The summed E-state index contributed by atoms with van der Waals surface area (Å²) >= 11 is 1.25. The summed E-state index contributed by atoms with van der Waals surface area (Å²) < 4.78 is 18.8. The Balaban J connectivity index is 1.44. The van der Waals surface area contributed by atoms with Gasteiger partial charge in [-0.15, -0.1) is 11.8 Å². The van der Waals surface area contributed by atoms with E-state index in [1.54, 1.807) is 18.2 Å². The van der Waals surface area contributed by atoms with E-state index in [0.29, 0.717) is 24.5 Å². The van der Waals surface area contributed by atoms with Gasteiger partial charge in [0.1, 0.15) is 5.82 Å². The first kappa shape index (κ1) is 17.0. The van der Waals surface area contributed by atoms with Crippen molar-refractivity contribution in [1.29, 1.82) is 0 Å². The number of thioether (sulfide) groups is 1. The lowest BCUT2D eigenvalue weighted by molar-refractivity contribution is -0.130. The Bertz CT molecular complexity index is 699. The molecule has 1 amide bonds. The van der Waals surface area contributed by atoms with Crippen LogP contribution in [0.2, 0.25) is 0 Å². The Morgan fingerprint density at radius 3 is 2.71 bits per heavy atom. The molecule has 1 aromatic heterocycles. The molecule has 0 N–H and O–H groups in total. The molecule has 1 aliphatic rings. The van der Waals surface area contributed by atoms with Crippen molar-refractivity contribution < 1.29 is 13.7 Å². The van der Waals surface area contributed by atoms with Crippen molar-refractivity contribution in [1.82, 2.24) is 15.0 Å². The summed E-state index contributed by atoms with van der Waals surface area (Å²) in [4.78, 5) is 16.9. The van der Waals surface area contributed by atoms with Crippen LogP contribution in [0.25, 0.3) is 0 Å². The number of aromatic nitrogens is 1. The Hall–Kier alpha value is -1.86. The number of carbonyl (C=O) groups excluding carboxylic acids is 1. The van der Waals surface area contributed by atoms with Crippen LogP contribution >= 0.6 is 11.8 Å². The summed E-state index contributed by atoms with van der Waals surface area (Å²) in [6, 6.07) is 8.47. The van der Waals surface area contributed by atoms with Gasteiger partial charge in [-0.25, -0.2) is 4.39 Å². The molecular formula is C17H20FN3O2S.